The fourth-order valence-corrected chi connectivity index (χ4v) is 2.69. The van der Waals surface area contributed by atoms with E-state index in [0.29, 0.717) is 0 Å². The SMILES string of the molecule is COC(=O)[C@@H]1CC[C@](C)(C(C)=O)C1(C)C. The van der Waals surface area contributed by atoms with Crippen LogP contribution in [-0.4, -0.2) is 18.9 Å². The van der Waals surface area contributed by atoms with Crippen molar-refractivity contribution in [1.82, 2.24) is 0 Å². The van der Waals surface area contributed by atoms with Crippen molar-refractivity contribution in [2.24, 2.45) is 16.7 Å². The Morgan fingerprint density at radius 1 is 1.27 bits per heavy atom. The van der Waals surface area contributed by atoms with Crippen molar-refractivity contribution >= 4 is 11.8 Å². The third-order valence-electron chi connectivity index (χ3n) is 4.49. The number of ketones is 1. The van der Waals surface area contributed by atoms with Gasteiger partial charge < -0.3 is 4.74 Å². The minimum atomic E-state index is -0.397. The number of ether oxygens (including phenoxy) is 1. The zero-order chi connectivity index (χ0) is 11.9. The first-order valence-electron chi connectivity index (χ1n) is 5.36. The number of hydrogen-bond acceptors (Lipinski definition) is 3. The average molecular weight is 212 g/mol. The summed E-state index contributed by atoms with van der Waals surface area (Å²) in [5.41, 5.74) is -0.711. The molecule has 0 spiro atoms. The van der Waals surface area contributed by atoms with E-state index in [2.05, 4.69) is 0 Å². The molecule has 0 aromatic rings. The van der Waals surface area contributed by atoms with Crippen molar-refractivity contribution in [3.05, 3.63) is 0 Å². The molecule has 1 aliphatic carbocycles. The average Bonchev–Trinajstić information content (AvgIpc) is 2.39. The molecule has 0 saturated heterocycles. The number of hydrogen-bond donors (Lipinski definition) is 0. The van der Waals surface area contributed by atoms with E-state index in [9.17, 15) is 9.59 Å². The zero-order valence-corrected chi connectivity index (χ0v) is 10.2. The van der Waals surface area contributed by atoms with E-state index in [1.54, 1.807) is 6.92 Å². The van der Waals surface area contributed by atoms with Gasteiger partial charge in [-0.2, -0.15) is 0 Å². The summed E-state index contributed by atoms with van der Waals surface area (Å²) in [4.78, 5) is 23.3. The molecular weight excluding hydrogens is 192 g/mol. The molecule has 0 heterocycles. The highest BCUT2D eigenvalue weighted by molar-refractivity contribution is 5.85. The monoisotopic (exact) mass is 212 g/mol. The highest BCUT2D eigenvalue weighted by Crippen LogP contribution is 2.56. The van der Waals surface area contributed by atoms with Crippen molar-refractivity contribution in [2.45, 2.75) is 40.5 Å². The number of carbonyl (C=O) groups is 2. The van der Waals surface area contributed by atoms with Crippen LogP contribution in [0.15, 0.2) is 0 Å². The Labute approximate surface area is 91.2 Å². The Bertz CT molecular complexity index is 293. The second kappa shape index (κ2) is 3.62. The largest absolute Gasteiger partial charge is 0.469 e. The highest BCUT2D eigenvalue weighted by atomic mass is 16.5. The summed E-state index contributed by atoms with van der Waals surface area (Å²) >= 11 is 0. The molecule has 0 amide bonds. The predicted octanol–water partition coefficient (Wildman–Crippen LogP) is 2.19. The van der Waals surface area contributed by atoms with Gasteiger partial charge in [0.15, 0.2) is 0 Å². The first-order chi connectivity index (χ1) is 6.77. The molecule has 1 saturated carbocycles. The molecular formula is C12H20O3. The van der Waals surface area contributed by atoms with Gasteiger partial charge in [0, 0.05) is 5.41 Å². The van der Waals surface area contributed by atoms with Crippen molar-refractivity contribution in [3.63, 3.8) is 0 Å². The van der Waals surface area contributed by atoms with Crippen LogP contribution in [0.5, 0.6) is 0 Å². The van der Waals surface area contributed by atoms with Crippen LogP contribution >= 0.6 is 0 Å². The maximum atomic E-state index is 11.7. The van der Waals surface area contributed by atoms with E-state index < -0.39 is 5.41 Å². The van der Waals surface area contributed by atoms with Gasteiger partial charge in [-0.15, -0.1) is 0 Å². The first kappa shape index (κ1) is 12.2. The third-order valence-corrected chi connectivity index (χ3v) is 4.49. The van der Waals surface area contributed by atoms with Crippen LogP contribution in [0.4, 0.5) is 0 Å². The second-order valence-electron chi connectivity index (χ2n) is 5.22. The fourth-order valence-electron chi connectivity index (χ4n) is 2.69. The number of Topliss-reactive ketones (excluding diaryl/α,β-unsaturated/α-hetero) is 1. The van der Waals surface area contributed by atoms with Crippen molar-refractivity contribution in [2.75, 3.05) is 7.11 Å². The van der Waals surface area contributed by atoms with E-state index in [0.717, 1.165) is 12.8 Å². The normalized spacial score (nSPS) is 33.8. The molecule has 0 unspecified atom stereocenters. The molecule has 3 heteroatoms. The highest BCUT2D eigenvalue weighted by Gasteiger charge is 2.56. The Kier molecular flexibility index (Phi) is 2.94. The Morgan fingerprint density at radius 3 is 2.13 bits per heavy atom. The summed E-state index contributed by atoms with van der Waals surface area (Å²) in [6, 6.07) is 0. The molecule has 86 valence electrons. The lowest BCUT2D eigenvalue weighted by molar-refractivity contribution is -0.151. The fraction of sp³-hybridized carbons (Fsp3) is 0.833. The van der Waals surface area contributed by atoms with E-state index in [4.69, 9.17) is 4.74 Å². The van der Waals surface area contributed by atoms with Crippen molar-refractivity contribution < 1.29 is 14.3 Å². The summed E-state index contributed by atoms with van der Waals surface area (Å²) in [7, 11) is 1.40. The van der Waals surface area contributed by atoms with Crippen LogP contribution in [0, 0.1) is 16.7 Å². The van der Waals surface area contributed by atoms with Gasteiger partial charge in [-0.05, 0) is 25.2 Å². The molecule has 1 fully saturated rings. The Hall–Kier alpha value is -0.860. The third kappa shape index (κ3) is 1.58. The summed E-state index contributed by atoms with van der Waals surface area (Å²) in [6.45, 7) is 7.55. The summed E-state index contributed by atoms with van der Waals surface area (Å²) in [6.07, 6.45) is 1.52. The van der Waals surface area contributed by atoms with Gasteiger partial charge in [-0.3, -0.25) is 9.59 Å². The van der Waals surface area contributed by atoms with Gasteiger partial charge in [0.1, 0.15) is 5.78 Å². The summed E-state index contributed by atoms with van der Waals surface area (Å²) < 4.78 is 4.79. The summed E-state index contributed by atoms with van der Waals surface area (Å²) in [5.74, 6) is -0.180. The number of rotatable bonds is 2. The molecule has 1 rings (SSSR count). The van der Waals surface area contributed by atoms with E-state index in [1.165, 1.54) is 7.11 Å². The van der Waals surface area contributed by atoms with Crippen LogP contribution in [0.25, 0.3) is 0 Å². The minimum absolute atomic E-state index is 0.156. The van der Waals surface area contributed by atoms with Crippen LogP contribution in [-0.2, 0) is 14.3 Å². The molecule has 0 radical (unpaired) electrons. The smallest absolute Gasteiger partial charge is 0.309 e. The van der Waals surface area contributed by atoms with Gasteiger partial charge in [0.25, 0.3) is 0 Å². The Morgan fingerprint density at radius 2 is 1.80 bits per heavy atom. The molecule has 0 aliphatic heterocycles. The predicted molar refractivity (Wildman–Crippen MR) is 57.3 cm³/mol. The van der Waals surface area contributed by atoms with E-state index in [-0.39, 0.29) is 23.1 Å². The lowest BCUT2D eigenvalue weighted by Crippen LogP contribution is -2.41. The molecule has 1 aliphatic rings. The van der Waals surface area contributed by atoms with Gasteiger partial charge in [0.2, 0.25) is 0 Å². The molecule has 3 nitrogen and oxygen atoms in total. The Balaban J connectivity index is 3.04. The van der Waals surface area contributed by atoms with Gasteiger partial charge >= 0.3 is 5.97 Å². The molecule has 15 heavy (non-hydrogen) atoms. The first-order valence-corrected chi connectivity index (χ1v) is 5.36. The number of carbonyl (C=O) groups excluding carboxylic acids is 2. The number of esters is 1. The van der Waals surface area contributed by atoms with E-state index >= 15 is 0 Å². The topological polar surface area (TPSA) is 43.4 Å². The summed E-state index contributed by atoms with van der Waals surface area (Å²) in [5, 5.41) is 0. The molecule has 0 aromatic heterocycles. The lowest BCUT2D eigenvalue weighted by atomic mass is 9.64. The van der Waals surface area contributed by atoms with Crippen molar-refractivity contribution in [1.29, 1.82) is 0 Å². The molecule has 0 N–H and O–H groups in total. The zero-order valence-electron chi connectivity index (χ0n) is 10.2. The van der Waals surface area contributed by atoms with Crippen LogP contribution in [0.2, 0.25) is 0 Å². The van der Waals surface area contributed by atoms with Crippen LogP contribution in [0.3, 0.4) is 0 Å². The lowest BCUT2D eigenvalue weighted by Gasteiger charge is -2.38. The second-order valence-corrected chi connectivity index (χ2v) is 5.22. The van der Waals surface area contributed by atoms with Gasteiger partial charge in [0.05, 0.1) is 13.0 Å². The van der Waals surface area contributed by atoms with Crippen LogP contribution < -0.4 is 0 Å². The number of methoxy groups -OCH3 is 1. The molecule has 0 bridgehead atoms. The maximum absolute atomic E-state index is 11.7. The molecule has 0 aromatic carbocycles. The van der Waals surface area contributed by atoms with Gasteiger partial charge in [-0.1, -0.05) is 20.8 Å². The van der Waals surface area contributed by atoms with Crippen LogP contribution in [0.1, 0.15) is 40.5 Å². The maximum Gasteiger partial charge on any atom is 0.309 e. The van der Waals surface area contributed by atoms with E-state index in [1.807, 2.05) is 20.8 Å². The van der Waals surface area contributed by atoms with Gasteiger partial charge in [-0.25, -0.2) is 0 Å². The quantitative estimate of drug-likeness (QED) is 0.659. The minimum Gasteiger partial charge on any atom is -0.469 e. The standard InChI is InChI=1S/C12H20O3/c1-8(13)12(4)7-6-9(10(14)15-5)11(12,2)3/h9H,6-7H2,1-5H3/t9-,12+/m0/s1. The molecule has 2 atom stereocenters. The van der Waals surface area contributed by atoms with Crippen molar-refractivity contribution in [3.8, 4) is 0 Å².